The van der Waals surface area contributed by atoms with Gasteiger partial charge in [0, 0.05) is 6.04 Å². The summed E-state index contributed by atoms with van der Waals surface area (Å²) in [7, 11) is 0. The first-order valence-corrected chi connectivity index (χ1v) is 6.44. The molecule has 0 radical (unpaired) electrons. The third kappa shape index (κ3) is 2.89. The molecule has 0 aromatic rings. The maximum absolute atomic E-state index is 11.5. The SMILES string of the molecule is CCSCCC(C)N1C(=O)CNC1C. The van der Waals surface area contributed by atoms with Gasteiger partial charge in [0.05, 0.1) is 12.7 Å². The van der Waals surface area contributed by atoms with Crippen molar-refractivity contribution in [2.24, 2.45) is 0 Å². The second kappa shape index (κ2) is 5.61. The fourth-order valence-corrected chi connectivity index (χ4v) is 2.60. The molecule has 14 heavy (non-hydrogen) atoms. The molecule has 0 saturated carbocycles. The second-order valence-corrected chi connectivity index (χ2v) is 5.09. The number of carbonyl (C=O) groups is 1. The summed E-state index contributed by atoms with van der Waals surface area (Å²) >= 11 is 1.94. The monoisotopic (exact) mass is 216 g/mol. The van der Waals surface area contributed by atoms with Crippen LogP contribution in [0.2, 0.25) is 0 Å². The van der Waals surface area contributed by atoms with Crippen molar-refractivity contribution in [1.29, 1.82) is 0 Å². The first-order chi connectivity index (χ1) is 6.66. The average molecular weight is 216 g/mol. The molecule has 3 nitrogen and oxygen atoms in total. The van der Waals surface area contributed by atoms with Crippen LogP contribution in [0.4, 0.5) is 0 Å². The lowest BCUT2D eigenvalue weighted by atomic mass is 10.2. The number of hydrogen-bond donors (Lipinski definition) is 1. The Morgan fingerprint density at radius 3 is 2.93 bits per heavy atom. The molecule has 1 amide bonds. The van der Waals surface area contributed by atoms with E-state index in [2.05, 4.69) is 19.2 Å². The Kier molecular flexibility index (Phi) is 4.75. The van der Waals surface area contributed by atoms with Gasteiger partial charge >= 0.3 is 0 Å². The Balaban J connectivity index is 2.35. The van der Waals surface area contributed by atoms with E-state index >= 15 is 0 Å². The van der Waals surface area contributed by atoms with E-state index in [0.717, 1.165) is 17.9 Å². The van der Waals surface area contributed by atoms with Gasteiger partial charge in [-0.1, -0.05) is 6.92 Å². The van der Waals surface area contributed by atoms with Crippen LogP contribution in [0.25, 0.3) is 0 Å². The van der Waals surface area contributed by atoms with Crippen LogP contribution in [0.1, 0.15) is 27.2 Å². The summed E-state index contributed by atoms with van der Waals surface area (Å²) in [5.74, 6) is 2.55. The Morgan fingerprint density at radius 1 is 1.71 bits per heavy atom. The van der Waals surface area contributed by atoms with E-state index in [9.17, 15) is 4.79 Å². The maximum Gasteiger partial charge on any atom is 0.238 e. The van der Waals surface area contributed by atoms with E-state index < -0.39 is 0 Å². The first kappa shape index (κ1) is 11.9. The fourth-order valence-electron chi connectivity index (χ4n) is 1.81. The number of hydrogen-bond acceptors (Lipinski definition) is 3. The van der Waals surface area contributed by atoms with Crippen molar-refractivity contribution in [3.63, 3.8) is 0 Å². The van der Waals surface area contributed by atoms with Crippen molar-refractivity contribution in [3.8, 4) is 0 Å². The van der Waals surface area contributed by atoms with Crippen LogP contribution in [0.3, 0.4) is 0 Å². The molecule has 4 heteroatoms. The minimum Gasteiger partial charge on any atom is -0.324 e. The van der Waals surface area contributed by atoms with Gasteiger partial charge in [0.1, 0.15) is 0 Å². The smallest absolute Gasteiger partial charge is 0.238 e. The standard InChI is InChI=1S/C10H20N2OS/c1-4-14-6-5-8(2)12-9(3)11-7-10(12)13/h8-9,11H,4-7H2,1-3H3. The molecule has 0 aliphatic carbocycles. The highest BCUT2D eigenvalue weighted by molar-refractivity contribution is 7.99. The molecule has 1 rings (SSSR count). The molecular weight excluding hydrogens is 196 g/mol. The summed E-state index contributed by atoms with van der Waals surface area (Å²) in [6.45, 7) is 6.86. The molecule has 2 atom stereocenters. The topological polar surface area (TPSA) is 32.3 Å². The van der Waals surface area contributed by atoms with Gasteiger partial charge in [-0.3, -0.25) is 10.1 Å². The molecule has 0 aromatic carbocycles. The van der Waals surface area contributed by atoms with E-state index in [0.29, 0.717) is 12.6 Å². The minimum absolute atomic E-state index is 0.212. The van der Waals surface area contributed by atoms with E-state index in [1.54, 1.807) is 0 Å². The summed E-state index contributed by atoms with van der Waals surface area (Å²) in [5.41, 5.74) is 0. The highest BCUT2D eigenvalue weighted by atomic mass is 32.2. The zero-order valence-corrected chi connectivity index (χ0v) is 10.1. The molecule has 1 fully saturated rings. The van der Waals surface area contributed by atoms with Crippen LogP contribution in [0, 0.1) is 0 Å². The van der Waals surface area contributed by atoms with Gasteiger partial charge in [0.25, 0.3) is 0 Å². The van der Waals surface area contributed by atoms with Crippen LogP contribution < -0.4 is 5.32 Å². The van der Waals surface area contributed by atoms with Gasteiger partial charge < -0.3 is 4.90 Å². The number of carbonyl (C=O) groups excluding carboxylic acids is 1. The molecule has 1 aliphatic rings. The van der Waals surface area contributed by atoms with Crippen molar-refractivity contribution in [3.05, 3.63) is 0 Å². The normalized spacial score (nSPS) is 24.4. The highest BCUT2D eigenvalue weighted by Gasteiger charge is 2.30. The van der Waals surface area contributed by atoms with Gasteiger partial charge in [-0.15, -0.1) is 0 Å². The molecule has 0 spiro atoms. The number of amides is 1. The lowest BCUT2D eigenvalue weighted by Gasteiger charge is -2.28. The molecule has 1 N–H and O–H groups in total. The van der Waals surface area contributed by atoms with Crippen LogP contribution >= 0.6 is 11.8 Å². The van der Waals surface area contributed by atoms with Crippen molar-refractivity contribution >= 4 is 17.7 Å². The number of nitrogens with zero attached hydrogens (tertiary/aromatic N) is 1. The molecule has 2 unspecified atom stereocenters. The third-order valence-electron chi connectivity index (χ3n) is 2.61. The van der Waals surface area contributed by atoms with Crippen LogP contribution in [0.5, 0.6) is 0 Å². The van der Waals surface area contributed by atoms with Gasteiger partial charge in [0.2, 0.25) is 5.91 Å². The Morgan fingerprint density at radius 2 is 2.43 bits per heavy atom. The van der Waals surface area contributed by atoms with Crippen LogP contribution in [-0.2, 0) is 4.79 Å². The van der Waals surface area contributed by atoms with Crippen LogP contribution in [0.15, 0.2) is 0 Å². The van der Waals surface area contributed by atoms with Gasteiger partial charge in [0.15, 0.2) is 0 Å². The quantitative estimate of drug-likeness (QED) is 0.703. The predicted molar refractivity (Wildman–Crippen MR) is 61.4 cm³/mol. The van der Waals surface area contributed by atoms with Gasteiger partial charge in [-0.2, -0.15) is 11.8 Å². The molecule has 82 valence electrons. The Bertz CT molecular complexity index is 199. The van der Waals surface area contributed by atoms with Gasteiger partial charge in [-0.25, -0.2) is 0 Å². The minimum atomic E-state index is 0.212. The molecule has 1 aliphatic heterocycles. The third-order valence-corrected chi connectivity index (χ3v) is 3.55. The summed E-state index contributed by atoms with van der Waals surface area (Å²) in [4.78, 5) is 13.5. The van der Waals surface area contributed by atoms with E-state index in [-0.39, 0.29) is 12.1 Å². The predicted octanol–water partition coefficient (Wildman–Crippen LogP) is 1.30. The van der Waals surface area contributed by atoms with Gasteiger partial charge in [-0.05, 0) is 31.8 Å². The average Bonchev–Trinajstić information content (AvgIpc) is 2.46. The largest absolute Gasteiger partial charge is 0.324 e. The molecule has 0 bridgehead atoms. The molecule has 0 aromatic heterocycles. The summed E-state index contributed by atoms with van der Waals surface area (Å²) in [5, 5.41) is 3.16. The maximum atomic E-state index is 11.5. The zero-order valence-electron chi connectivity index (χ0n) is 9.25. The van der Waals surface area contributed by atoms with Crippen molar-refractivity contribution < 1.29 is 4.79 Å². The second-order valence-electron chi connectivity index (χ2n) is 3.69. The van der Waals surface area contributed by atoms with Crippen LogP contribution in [-0.4, -0.2) is 41.1 Å². The Labute approximate surface area is 90.6 Å². The number of nitrogens with one attached hydrogen (secondary N) is 1. The lowest BCUT2D eigenvalue weighted by Crippen LogP contribution is -2.41. The van der Waals surface area contributed by atoms with Crippen molar-refractivity contribution in [2.45, 2.75) is 39.4 Å². The first-order valence-electron chi connectivity index (χ1n) is 5.29. The summed E-state index contributed by atoms with van der Waals surface area (Å²) in [6, 6.07) is 0.367. The summed E-state index contributed by atoms with van der Waals surface area (Å²) < 4.78 is 0. The molecular formula is C10H20N2OS. The van der Waals surface area contributed by atoms with E-state index in [1.807, 2.05) is 23.6 Å². The van der Waals surface area contributed by atoms with Crippen molar-refractivity contribution in [2.75, 3.05) is 18.1 Å². The number of thioether (sulfide) groups is 1. The Hall–Kier alpha value is -0.220. The highest BCUT2D eigenvalue weighted by Crippen LogP contribution is 2.14. The lowest BCUT2D eigenvalue weighted by molar-refractivity contribution is -0.129. The van der Waals surface area contributed by atoms with E-state index in [1.165, 1.54) is 0 Å². The summed E-state index contributed by atoms with van der Waals surface area (Å²) in [6.07, 6.45) is 1.31. The molecule has 1 saturated heterocycles. The number of rotatable bonds is 5. The van der Waals surface area contributed by atoms with Crippen molar-refractivity contribution in [1.82, 2.24) is 10.2 Å². The van der Waals surface area contributed by atoms with E-state index in [4.69, 9.17) is 0 Å². The molecule has 1 heterocycles. The fraction of sp³-hybridized carbons (Fsp3) is 0.900. The zero-order chi connectivity index (χ0) is 10.6.